The number of tetrazole rings is 1. The molecule has 4 aromatic rings. The number of carboxylic acids is 1. The topological polar surface area (TPSA) is 182 Å². The molecule has 1 saturated carbocycles. The number of nitrogens with one attached hydrogen (secondary N) is 2. The summed E-state index contributed by atoms with van der Waals surface area (Å²) in [7, 11) is 0. The van der Waals surface area contributed by atoms with Gasteiger partial charge in [0.25, 0.3) is 5.91 Å². The molecule has 0 bridgehead atoms. The van der Waals surface area contributed by atoms with Gasteiger partial charge < -0.3 is 21.5 Å². The van der Waals surface area contributed by atoms with Gasteiger partial charge in [-0.3, -0.25) is 14.4 Å². The SMILES string of the molecule is NC(=O)c1cccc([C@@H]2C[C@]2(NC(=O)/C=C/c2cc(Cl)ccc2-n2cnnn2)C(=O)Nc2ccc(C(=O)O)cc2)c1. The fourth-order valence-corrected chi connectivity index (χ4v) is 4.71. The van der Waals surface area contributed by atoms with E-state index in [9.17, 15) is 19.2 Å². The number of nitrogens with two attached hydrogens (primary N) is 1. The summed E-state index contributed by atoms with van der Waals surface area (Å²) in [5.41, 5.74) is 6.56. The van der Waals surface area contributed by atoms with Crippen LogP contribution in [0.1, 0.15) is 44.2 Å². The van der Waals surface area contributed by atoms with Crippen molar-refractivity contribution in [3.8, 4) is 5.69 Å². The molecule has 0 radical (unpaired) electrons. The van der Waals surface area contributed by atoms with E-state index in [1.54, 1.807) is 42.5 Å². The first kappa shape index (κ1) is 27.2. The molecule has 0 aliphatic heterocycles. The van der Waals surface area contributed by atoms with Crippen LogP contribution < -0.4 is 16.4 Å². The van der Waals surface area contributed by atoms with Gasteiger partial charge >= 0.3 is 5.97 Å². The molecule has 5 rings (SSSR count). The lowest BCUT2D eigenvalue weighted by Gasteiger charge is -2.19. The second kappa shape index (κ2) is 11.0. The number of nitrogens with zero attached hydrogens (tertiary/aromatic N) is 4. The minimum absolute atomic E-state index is 0.0609. The summed E-state index contributed by atoms with van der Waals surface area (Å²) < 4.78 is 1.42. The van der Waals surface area contributed by atoms with Gasteiger partial charge in [-0.15, -0.1) is 5.10 Å². The summed E-state index contributed by atoms with van der Waals surface area (Å²) >= 11 is 6.16. The highest BCUT2D eigenvalue weighted by Gasteiger charge is 2.61. The Hall–Kier alpha value is -5.36. The molecule has 1 aromatic heterocycles. The highest BCUT2D eigenvalue weighted by atomic mass is 35.5. The standard InChI is InChI=1S/C28H22ClN7O5/c29-20-7-10-23(36-15-31-34-35-36)18(13-20)6-11-24(37)33-28(14-22(28)17-2-1-3-19(12-17)25(30)38)27(41)32-21-8-4-16(5-9-21)26(39)40/h1-13,15,22H,14H2,(H2,30,38)(H,32,41)(H,33,37)(H,39,40)/b11-6+/t22-,28+/m0/s1. The number of aromatic carboxylic acids is 1. The zero-order valence-corrected chi connectivity index (χ0v) is 21.9. The number of benzene rings is 3. The van der Waals surface area contributed by atoms with Crippen LogP contribution in [0.5, 0.6) is 0 Å². The Balaban J connectivity index is 1.41. The van der Waals surface area contributed by atoms with Gasteiger partial charge in [-0.05, 0) is 83.1 Å². The van der Waals surface area contributed by atoms with Crippen LogP contribution in [0.4, 0.5) is 5.69 Å². The Bertz CT molecular complexity index is 1690. The van der Waals surface area contributed by atoms with Crippen LogP contribution in [0.2, 0.25) is 5.02 Å². The Kier molecular flexibility index (Phi) is 7.32. The van der Waals surface area contributed by atoms with E-state index in [1.165, 1.54) is 47.4 Å². The summed E-state index contributed by atoms with van der Waals surface area (Å²) in [6, 6.07) is 17.2. The van der Waals surface area contributed by atoms with Crippen molar-refractivity contribution < 1.29 is 24.3 Å². The first-order chi connectivity index (χ1) is 19.7. The maximum absolute atomic E-state index is 13.6. The Morgan fingerprint density at radius 1 is 1.05 bits per heavy atom. The van der Waals surface area contributed by atoms with E-state index in [1.807, 2.05) is 0 Å². The number of amides is 3. The quantitative estimate of drug-likeness (QED) is 0.221. The third kappa shape index (κ3) is 5.82. The van der Waals surface area contributed by atoms with Crippen LogP contribution >= 0.6 is 11.6 Å². The molecule has 41 heavy (non-hydrogen) atoms. The monoisotopic (exact) mass is 571 g/mol. The first-order valence-electron chi connectivity index (χ1n) is 12.2. The van der Waals surface area contributed by atoms with E-state index < -0.39 is 35.1 Å². The smallest absolute Gasteiger partial charge is 0.335 e. The number of carbonyl (C=O) groups is 4. The van der Waals surface area contributed by atoms with Crippen LogP contribution in [0.25, 0.3) is 11.8 Å². The number of primary amides is 1. The number of aromatic nitrogens is 4. The third-order valence-electron chi connectivity index (χ3n) is 6.68. The lowest BCUT2D eigenvalue weighted by molar-refractivity contribution is -0.124. The summed E-state index contributed by atoms with van der Waals surface area (Å²) in [6.07, 6.45) is 4.45. The number of rotatable bonds is 9. The van der Waals surface area contributed by atoms with Gasteiger partial charge in [-0.25, -0.2) is 4.79 Å². The van der Waals surface area contributed by atoms with Crippen molar-refractivity contribution in [2.45, 2.75) is 17.9 Å². The second-order valence-corrected chi connectivity index (χ2v) is 9.77. The van der Waals surface area contributed by atoms with Gasteiger partial charge in [0.15, 0.2) is 0 Å². The maximum Gasteiger partial charge on any atom is 0.335 e. The van der Waals surface area contributed by atoms with E-state index in [4.69, 9.17) is 22.4 Å². The highest BCUT2D eigenvalue weighted by Crippen LogP contribution is 2.52. The molecule has 12 nitrogen and oxygen atoms in total. The normalized spacial score (nSPS) is 17.6. The number of halogens is 1. The molecule has 0 spiro atoms. The van der Waals surface area contributed by atoms with Crippen LogP contribution in [-0.2, 0) is 9.59 Å². The third-order valence-corrected chi connectivity index (χ3v) is 6.91. The fraction of sp³-hybridized carbons (Fsp3) is 0.107. The van der Waals surface area contributed by atoms with Crippen molar-refractivity contribution in [1.82, 2.24) is 25.5 Å². The molecule has 5 N–H and O–H groups in total. The van der Waals surface area contributed by atoms with Gasteiger partial charge in [0.1, 0.15) is 11.9 Å². The van der Waals surface area contributed by atoms with Gasteiger partial charge in [-0.1, -0.05) is 23.7 Å². The molecule has 1 heterocycles. The zero-order chi connectivity index (χ0) is 29.1. The average Bonchev–Trinajstić information content (AvgIpc) is 3.42. The molecule has 3 aromatic carbocycles. The molecule has 0 saturated heterocycles. The number of hydrogen-bond acceptors (Lipinski definition) is 7. The van der Waals surface area contributed by atoms with Crippen LogP contribution in [0.3, 0.4) is 0 Å². The van der Waals surface area contributed by atoms with Gasteiger partial charge in [0, 0.05) is 33.8 Å². The van der Waals surface area contributed by atoms with Crippen molar-refractivity contribution in [1.29, 1.82) is 0 Å². The van der Waals surface area contributed by atoms with Crippen LogP contribution in [0.15, 0.2) is 79.1 Å². The van der Waals surface area contributed by atoms with Gasteiger partial charge in [-0.2, -0.15) is 4.68 Å². The fourth-order valence-electron chi connectivity index (χ4n) is 4.52. The van der Waals surface area contributed by atoms with Crippen molar-refractivity contribution in [3.63, 3.8) is 0 Å². The largest absolute Gasteiger partial charge is 0.478 e. The minimum Gasteiger partial charge on any atom is -0.478 e. The van der Waals surface area contributed by atoms with E-state index >= 15 is 0 Å². The Morgan fingerprint density at radius 2 is 1.83 bits per heavy atom. The Labute approximate surface area is 237 Å². The summed E-state index contributed by atoms with van der Waals surface area (Å²) in [5, 5.41) is 26.3. The molecule has 1 aliphatic rings. The number of anilines is 1. The minimum atomic E-state index is -1.35. The van der Waals surface area contributed by atoms with Crippen molar-refractivity contribution in [2.24, 2.45) is 5.73 Å². The molecule has 1 fully saturated rings. The first-order valence-corrected chi connectivity index (χ1v) is 12.6. The number of carboxylic acid groups (broad SMARTS) is 1. The molecule has 13 heteroatoms. The second-order valence-electron chi connectivity index (χ2n) is 9.33. The zero-order valence-electron chi connectivity index (χ0n) is 21.2. The Morgan fingerprint density at radius 3 is 2.51 bits per heavy atom. The van der Waals surface area contributed by atoms with Crippen molar-refractivity contribution in [2.75, 3.05) is 5.32 Å². The van der Waals surface area contributed by atoms with E-state index in [0.717, 1.165) is 0 Å². The van der Waals surface area contributed by atoms with E-state index in [-0.39, 0.29) is 17.5 Å². The number of carbonyl (C=O) groups excluding carboxylic acids is 3. The maximum atomic E-state index is 13.6. The lowest BCUT2D eigenvalue weighted by Crippen LogP contribution is -2.47. The lowest BCUT2D eigenvalue weighted by atomic mass is 10.0. The highest BCUT2D eigenvalue weighted by molar-refractivity contribution is 6.30. The predicted molar refractivity (Wildman–Crippen MR) is 148 cm³/mol. The van der Waals surface area contributed by atoms with Crippen LogP contribution in [0, 0.1) is 0 Å². The molecule has 3 amide bonds. The average molecular weight is 572 g/mol. The molecule has 0 unspecified atom stereocenters. The van der Waals surface area contributed by atoms with Gasteiger partial charge in [0.05, 0.1) is 11.3 Å². The van der Waals surface area contributed by atoms with Crippen molar-refractivity contribution in [3.05, 3.63) is 106 Å². The summed E-state index contributed by atoms with van der Waals surface area (Å²) in [6.45, 7) is 0. The van der Waals surface area contributed by atoms with Crippen LogP contribution in [-0.4, -0.2) is 54.5 Å². The molecular weight excluding hydrogens is 550 g/mol. The van der Waals surface area contributed by atoms with Gasteiger partial charge in [0.2, 0.25) is 11.8 Å². The molecular formula is C28H22ClN7O5. The van der Waals surface area contributed by atoms with Crippen molar-refractivity contribution >= 4 is 47.1 Å². The summed E-state index contributed by atoms with van der Waals surface area (Å²) in [5.74, 6) is -3.24. The molecule has 1 aliphatic carbocycles. The predicted octanol–water partition coefficient (Wildman–Crippen LogP) is 2.81. The van der Waals surface area contributed by atoms with E-state index in [0.29, 0.717) is 27.5 Å². The van der Waals surface area contributed by atoms with E-state index in [2.05, 4.69) is 26.2 Å². The molecule has 2 atom stereocenters. The number of hydrogen-bond donors (Lipinski definition) is 4. The summed E-state index contributed by atoms with van der Waals surface area (Å²) in [4.78, 5) is 49.7. The molecule has 206 valence electrons.